The van der Waals surface area contributed by atoms with Gasteiger partial charge in [0.25, 0.3) is 0 Å². The molecule has 2 fully saturated rings. The third kappa shape index (κ3) is 3.39. The first-order valence-corrected chi connectivity index (χ1v) is 10.2. The van der Waals surface area contributed by atoms with Crippen molar-refractivity contribution in [3.63, 3.8) is 0 Å². The van der Waals surface area contributed by atoms with E-state index in [0.29, 0.717) is 6.10 Å². The quantitative estimate of drug-likeness (QED) is 0.375. The van der Waals surface area contributed by atoms with Gasteiger partial charge in [-0.05, 0) is 51.9 Å². The Morgan fingerprint density at radius 1 is 1.13 bits per heavy atom. The average Bonchev–Trinajstić information content (AvgIpc) is 3.21. The molecule has 0 radical (unpaired) electrons. The average molecular weight is 321 g/mol. The Labute approximate surface area is 143 Å². The number of allylic oxidation sites excluding steroid dienone is 1. The van der Waals surface area contributed by atoms with Gasteiger partial charge in [0, 0.05) is 11.8 Å². The summed E-state index contributed by atoms with van der Waals surface area (Å²) in [6.45, 7) is 5.43. The van der Waals surface area contributed by atoms with Gasteiger partial charge in [0.15, 0.2) is 5.79 Å². The van der Waals surface area contributed by atoms with Crippen molar-refractivity contribution in [2.75, 3.05) is 6.61 Å². The first kappa shape index (κ1) is 17.5. The van der Waals surface area contributed by atoms with Crippen LogP contribution in [0.1, 0.15) is 97.3 Å². The van der Waals surface area contributed by atoms with Crippen LogP contribution in [0.3, 0.4) is 0 Å². The number of unbranched alkanes of at least 4 members (excludes halogenated alkanes) is 4. The predicted octanol–water partition coefficient (Wildman–Crippen LogP) is 6.15. The summed E-state index contributed by atoms with van der Waals surface area (Å²) >= 11 is 0. The van der Waals surface area contributed by atoms with E-state index in [1.54, 1.807) is 5.57 Å². The van der Waals surface area contributed by atoms with Crippen LogP contribution < -0.4 is 0 Å². The lowest BCUT2D eigenvalue weighted by Crippen LogP contribution is -2.46. The van der Waals surface area contributed by atoms with Crippen molar-refractivity contribution >= 4 is 0 Å². The molecule has 2 heteroatoms. The Kier molecular flexibility index (Phi) is 5.85. The molecule has 1 saturated carbocycles. The highest BCUT2D eigenvalue weighted by Gasteiger charge is 2.62. The van der Waals surface area contributed by atoms with Crippen LogP contribution in [0.2, 0.25) is 0 Å². The molecule has 0 spiro atoms. The van der Waals surface area contributed by atoms with Gasteiger partial charge in [-0.3, -0.25) is 0 Å². The van der Waals surface area contributed by atoms with Crippen LogP contribution >= 0.6 is 0 Å². The summed E-state index contributed by atoms with van der Waals surface area (Å²) in [5, 5.41) is 0. The third-order valence-corrected chi connectivity index (χ3v) is 6.46. The van der Waals surface area contributed by atoms with E-state index in [0.717, 1.165) is 13.0 Å². The first-order valence-electron chi connectivity index (χ1n) is 10.2. The van der Waals surface area contributed by atoms with Gasteiger partial charge in [-0.25, -0.2) is 0 Å². The van der Waals surface area contributed by atoms with Crippen LogP contribution in [-0.4, -0.2) is 18.5 Å². The molecule has 0 aromatic heterocycles. The molecule has 0 amide bonds. The van der Waals surface area contributed by atoms with Gasteiger partial charge in [-0.1, -0.05) is 50.7 Å². The van der Waals surface area contributed by atoms with Crippen molar-refractivity contribution in [1.29, 1.82) is 0 Å². The molecule has 0 aromatic carbocycles. The molecule has 1 saturated heterocycles. The minimum absolute atomic E-state index is 0.222. The number of hydrogen-bond acceptors (Lipinski definition) is 2. The van der Waals surface area contributed by atoms with Gasteiger partial charge in [-0.2, -0.15) is 0 Å². The number of hydrogen-bond donors (Lipinski definition) is 0. The molecule has 1 aliphatic heterocycles. The van der Waals surface area contributed by atoms with Crippen molar-refractivity contribution in [2.24, 2.45) is 5.41 Å². The molecule has 23 heavy (non-hydrogen) atoms. The maximum absolute atomic E-state index is 6.68. The molecule has 0 N–H and O–H groups in total. The van der Waals surface area contributed by atoms with Crippen LogP contribution in [0, 0.1) is 5.41 Å². The first-order chi connectivity index (χ1) is 11.2. The highest BCUT2D eigenvalue weighted by Crippen LogP contribution is 2.62. The molecule has 2 nitrogen and oxygen atoms in total. The van der Waals surface area contributed by atoms with E-state index in [1.165, 1.54) is 77.0 Å². The zero-order valence-corrected chi connectivity index (χ0v) is 15.4. The van der Waals surface area contributed by atoms with Gasteiger partial charge in [-0.15, -0.1) is 0 Å². The van der Waals surface area contributed by atoms with E-state index in [-0.39, 0.29) is 11.2 Å². The fourth-order valence-electron chi connectivity index (χ4n) is 5.26. The zero-order valence-electron chi connectivity index (χ0n) is 15.4. The van der Waals surface area contributed by atoms with Gasteiger partial charge >= 0.3 is 0 Å². The Morgan fingerprint density at radius 2 is 2.00 bits per heavy atom. The van der Waals surface area contributed by atoms with E-state index >= 15 is 0 Å². The van der Waals surface area contributed by atoms with E-state index in [9.17, 15) is 0 Å². The Morgan fingerprint density at radius 3 is 2.78 bits per heavy atom. The summed E-state index contributed by atoms with van der Waals surface area (Å²) in [5.41, 5.74) is 1.89. The molecule has 0 bridgehead atoms. The van der Waals surface area contributed by atoms with Crippen LogP contribution in [-0.2, 0) is 9.47 Å². The molecule has 2 aliphatic carbocycles. The second-order valence-electron chi connectivity index (χ2n) is 8.04. The lowest BCUT2D eigenvalue weighted by molar-refractivity contribution is -0.260. The molecule has 3 unspecified atom stereocenters. The molecule has 3 aliphatic rings. The van der Waals surface area contributed by atoms with Crippen molar-refractivity contribution < 1.29 is 9.47 Å². The van der Waals surface area contributed by atoms with E-state index in [1.807, 2.05) is 0 Å². The van der Waals surface area contributed by atoms with Crippen molar-refractivity contribution in [1.82, 2.24) is 0 Å². The summed E-state index contributed by atoms with van der Waals surface area (Å²) in [7, 11) is 0. The molecule has 3 atom stereocenters. The summed E-state index contributed by atoms with van der Waals surface area (Å²) in [5.74, 6) is -0.286. The second-order valence-corrected chi connectivity index (χ2v) is 8.04. The van der Waals surface area contributed by atoms with Crippen LogP contribution in [0.4, 0.5) is 0 Å². The smallest absolute Gasteiger partial charge is 0.177 e. The predicted molar refractivity (Wildman–Crippen MR) is 95.4 cm³/mol. The van der Waals surface area contributed by atoms with Crippen molar-refractivity contribution in [2.45, 2.75) is 109 Å². The summed E-state index contributed by atoms with van der Waals surface area (Å²) in [6.07, 6.45) is 19.4. The van der Waals surface area contributed by atoms with Crippen LogP contribution in [0.25, 0.3) is 0 Å². The monoisotopic (exact) mass is 320 g/mol. The fraction of sp³-hybridized carbons (Fsp3) is 0.905. The second kappa shape index (κ2) is 7.70. The van der Waals surface area contributed by atoms with Gasteiger partial charge in [0.05, 0.1) is 12.7 Å². The van der Waals surface area contributed by atoms with E-state index < -0.39 is 0 Å². The molecule has 3 rings (SSSR count). The largest absolute Gasteiger partial charge is 0.349 e. The van der Waals surface area contributed by atoms with Gasteiger partial charge in [0.2, 0.25) is 0 Å². The fourth-order valence-corrected chi connectivity index (χ4v) is 5.26. The molecule has 1 heterocycles. The lowest BCUT2D eigenvalue weighted by Gasteiger charge is -2.42. The maximum Gasteiger partial charge on any atom is 0.177 e. The number of fused-ring (bicyclic) bond motifs is 1. The molecular weight excluding hydrogens is 284 g/mol. The summed E-state index contributed by atoms with van der Waals surface area (Å²) < 4.78 is 13.0. The molecule has 132 valence electrons. The highest BCUT2D eigenvalue weighted by atomic mass is 16.7. The van der Waals surface area contributed by atoms with Gasteiger partial charge in [0.1, 0.15) is 0 Å². The van der Waals surface area contributed by atoms with E-state index in [2.05, 4.69) is 19.9 Å². The van der Waals surface area contributed by atoms with Crippen molar-refractivity contribution in [3.05, 3.63) is 11.6 Å². The van der Waals surface area contributed by atoms with Crippen molar-refractivity contribution in [3.8, 4) is 0 Å². The maximum atomic E-state index is 6.68. The number of ether oxygens (including phenoxy) is 2. The third-order valence-electron chi connectivity index (χ3n) is 6.46. The van der Waals surface area contributed by atoms with Crippen LogP contribution in [0.15, 0.2) is 11.6 Å². The summed E-state index contributed by atoms with van der Waals surface area (Å²) in [4.78, 5) is 0. The minimum atomic E-state index is -0.286. The van der Waals surface area contributed by atoms with Crippen LogP contribution in [0.5, 0.6) is 0 Å². The normalized spacial score (nSPS) is 34.6. The standard InChI is InChI=1S/C21H36O2/c1-3-4-5-6-7-11-18(2)23-21-15-10-14-20(21,16-17-22-21)19-12-8-9-13-19/h12,18H,3-11,13-17H2,1-2H3. The SMILES string of the molecule is CCCCCCCC(C)OC12CCCC1(C1=CCCC1)CCO2. The molecular formula is C21H36O2. The Balaban J connectivity index is 1.58. The highest BCUT2D eigenvalue weighted by molar-refractivity contribution is 5.26. The number of rotatable bonds is 9. The molecule has 0 aromatic rings. The van der Waals surface area contributed by atoms with E-state index in [4.69, 9.17) is 9.47 Å². The lowest BCUT2D eigenvalue weighted by atomic mass is 9.73. The zero-order chi connectivity index (χ0) is 16.2. The minimum Gasteiger partial charge on any atom is -0.349 e. The Bertz CT molecular complexity index is 402. The topological polar surface area (TPSA) is 18.5 Å². The summed E-state index contributed by atoms with van der Waals surface area (Å²) in [6, 6.07) is 0. The Hall–Kier alpha value is -0.340. The van der Waals surface area contributed by atoms with Gasteiger partial charge < -0.3 is 9.47 Å².